The number of rotatable bonds is 7. The molecule has 0 N–H and O–H groups in total. The fraction of sp³-hybridized carbons (Fsp3) is 0.462. The number of hydrogen-bond donors (Lipinski definition) is 0. The summed E-state index contributed by atoms with van der Waals surface area (Å²) < 4.78 is 0. The summed E-state index contributed by atoms with van der Waals surface area (Å²) >= 11 is 0. The van der Waals surface area contributed by atoms with Gasteiger partial charge < -0.3 is 0 Å². The summed E-state index contributed by atoms with van der Waals surface area (Å²) in [6, 6.07) is 18.2. The van der Waals surface area contributed by atoms with Crippen molar-refractivity contribution in [3.8, 4) is 0 Å². The Hall–Kier alpha value is -2.30. The Labute approximate surface area is 179 Å². The third kappa shape index (κ3) is 4.71. The van der Waals surface area contributed by atoms with Crippen LogP contribution >= 0.6 is 0 Å². The maximum Gasteiger partial charge on any atom is 0.182 e. The largest absolute Gasteiger partial charge is 0.292 e. The lowest BCUT2D eigenvalue weighted by Gasteiger charge is -2.43. The molecule has 30 heavy (non-hydrogen) atoms. The van der Waals surface area contributed by atoms with Crippen molar-refractivity contribution < 1.29 is 9.59 Å². The molecule has 4 heteroatoms. The second-order valence-corrected chi connectivity index (χ2v) is 8.54. The number of ketones is 2. The minimum absolute atomic E-state index is 0.0809. The van der Waals surface area contributed by atoms with Gasteiger partial charge in [-0.1, -0.05) is 73.5 Å². The molecule has 0 radical (unpaired) electrons. The van der Waals surface area contributed by atoms with Crippen molar-refractivity contribution in [3.05, 3.63) is 71.8 Å². The highest BCUT2D eigenvalue weighted by molar-refractivity contribution is 6.08. The lowest BCUT2D eigenvalue weighted by molar-refractivity contribution is 0.0382. The number of nitrogens with zero attached hydrogens (tertiary/aromatic N) is 2. The van der Waals surface area contributed by atoms with Crippen molar-refractivity contribution in [2.24, 2.45) is 0 Å². The number of carbonyl (C=O) groups is 2. The zero-order valence-corrected chi connectivity index (χ0v) is 17.7. The molecule has 2 saturated heterocycles. The fourth-order valence-electron chi connectivity index (χ4n) is 4.96. The van der Waals surface area contributed by atoms with Crippen LogP contribution < -0.4 is 0 Å². The Bertz CT molecular complexity index is 753. The molecule has 2 aromatic rings. The summed E-state index contributed by atoms with van der Waals surface area (Å²) in [7, 11) is 0. The molecular weight excluding hydrogens is 372 g/mol. The molecule has 0 saturated carbocycles. The smallest absolute Gasteiger partial charge is 0.182 e. The predicted molar refractivity (Wildman–Crippen MR) is 120 cm³/mol. The van der Waals surface area contributed by atoms with Gasteiger partial charge in [0.2, 0.25) is 0 Å². The van der Waals surface area contributed by atoms with Gasteiger partial charge in [0.1, 0.15) is 0 Å². The lowest BCUT2D eigenvalue weighted by Crippen LogP contribution is -2.60. The van der Waals surface area contributed by atoms with Gasteiger partial charge in [-0.15, -0.1) is 0 Å². The van der Waals surface area contributed by atoms with Crippen LogP contribution in [0.25, 0.3) is 0 Å². The van der Waals surface area contributed by atoms with Crippen LogP contribution in [0.15, 0.2) is 60.7 Å². The highest BCUT2D eigenvalue weighted by atomic mass is 16.1. The molecule has 0 aliphatic carbocycles. The van der Waals surface area contributed by atoms with Crippen LogP contribution in [0.3, 0.4) is 0 Å². The zero-order chi connectivity index (χ0) is 20.8. The van der Waals surface area contributed by atoms with Crippen LogP contribution in [0.5, 0.6) is 0 Å². The van der Waals surface area contributed by atoms with Gasteiger partial charge in [-0.3, -0.25) is 19.4 Å². The average Bonchev–Trinajstić information content (AvgIpc) is 2.84. The average molecular weight is 405 g/mol. The van der Waals surface area contributed by atoms with Crippen LogP contribution in [0.2, 0.25) is 0 Å². The van der Waals surface area contributed by atoms with Crippen LogP contribution in [-0.4, -0.2) is 59.6 Å². The van der Waals surface area contributed by atoms with E-state index in [2.05, 4.69) is 9.80 Å². The van der Waals surface area contributed by atoms with Crippen molar-refractivity contribution in [2.45, 2.75) is 50.6 Å². The number of hydrogen-bond acceptors (Lipinski definition) is 4. The Balaban J connectivity index is 1.75. The van der Waals surface area contributed by atoms with Gasteiger partial charge >= 0.3 is 0 Å². The van der Waals surface area contributed by atoms with E-state index < -0.39 is 12.1 Å². The second kappa shape index (κ2) is 10.1. The van der Waals surface area contributed by atoms with E-state index in [-0.39, 0.29) is 11.6 Å². The molecule has 0 unspecified atom stereocenters. The third-order valence-electron chi connectivity index (χ3n) is 6.52. The van der Waals surface area contributed by atoms with Gasteiger partial charge in [-0.2, -0.15) is 0 Å². The number of carbonyl (C=O) groups excluding carboxylic acids is 2. The topological polar surface area (TPSA) is 40.6 Å². The van der Waals surface area contributed by atoms with Crippen molar-refractivity contribution in [3.63, 3.8) is 0 Å². The molecule has 0 aromatic heterocycles. The van der Waals surface area contributed by atoms with Gasteiger partial charge in [0.05, 0.1) is 12.1 Å². The van der Waals surface area contributed by atoms with Crippen LogP contribution in [0.1, 0.15) is 59.2 Å². The Morgan fingerprint density at radius 2 is 0.867 bits per heavy atom. The summed E-state index contributed by atoms with van der Waals surface area (Å²) in [5, 5.41) is 0. The van der Waals surface area contributed by atoms with Crippen LogP contribution in [0, 0.1) is 0 Å². The Kier molecular flexibility index (Phi) is 7.08. The molecule has 0 spiro atoms. The first-order valence-corrected chi connectivity index (χ1v) is 11.4. The summed E-state index contributed by atoms with van der Waals surface area (Å²) in [6.07, 6.45) is 6.75. The first kappa shape index (κ1) is 21.0. The van der Waals surface area contributed by atoms with E-state index in [4.69, 9.17) is 0 Å². The van der Waals surface area contributed by atoms with Crippen molar-refractivity contribution in [2.75, 3.05) is 26.2 Å². The van der Waals surface area contributed by atoms with Crippen molar-refractivity contribution in [1.29, 1.82) is 0 Å². The summed E-state index contributed by atoms with van der Waals surface area (Å²) in [5.41, 5.74) is 1.41. The minimum Gasteiger partial charge on any atom is -0.292 e. The maximum atomic E-state index is 13.8. The fourth-order valence-corrected chi connectivity index (χ4v) is 4.96. The number of piperidine rings is 2. The van der Waals surface area contributed by atoms with Crippen LogP contribution in [-0.2, 0) is 0 Å². The van der Waals surface area contributed by atoms with E-state index in [0.717, 1.165) is 51.9 Å². The maximum absolute atomic E-state index is 13.8. The monoisotopic (exact) mass is 404 g/mol. The SMILES string of the molecule is O=C(c1ccccc1)[C@@H]([C@H](C(=O)c1ccccc1)N1CCCCC1)N1CCCCC1. The molecule has 2 aliphatic rings. The van der Waals surface area contributed by atoms with Crippen molar-refractivity contribution in [1.82, 2.24) is 9.80 Å². The quantitative estimate of drug-likeness (QED) is 0.639. The zero-order valence-electron chi connectivity index (χ0n) is 17.7. The first-order valence-electron chi connectivity index (χ1n) is 11.4. The number of benzene rings is 2. The van der Waals surface area contributed by atoms with E-state index in [9.17, 15) is 9.59 Å². The first-order chi connectivity index (χ1) is 14.8. The van der Waals surface area contributed by atoms with Crippen molar-refractivity contribution >= 4 is 11.6 Å². The normalized spacial score (nSPS) is 20.4. The molecule has 2 aromatic carbocycles. The molecule has 4 nitrogen and oxygen atoms in total. The summed E-state index contributed by atoms with van der Waals surface area (Å²) in [5.74, 6) is 0.162. The highest BCUT2D eigenvalue weighted by Gasteiger charge is 2.42. The summed E-state index contributed by atoms with van der Waals surface area (Å²) in [6.45, 7) is 3.54. The van der Waals surface area contributed by atoms with E-state index in [1.165, 1.54) is 12.8 Å². The third-order valence-corrected chi connectivity index (χ3v) is 6.52. The standard InChI is InChI=1S/C26H32N2O2/c29-25(21-13-5-1-6-14-21)23(27-17-9-3-10-18-27)24(28-19-11-4-12-20-28)26(30)22-15-7-2-8-16-22/h1-2,5-8,13-16,23-24H,3-4,9-12,17-20H2/t23-,24-/m1/s1. The number of likely N-dealkylation sites (tertiary alicyclic amines) is 2. The lowest BCUT2D eigenvalue weighted by atomic mass is 9.87. The van der Waals surface area contributed by atoms with Gasteiger partial charge in [0.25, 0.3) is 0 Å². The molecule has 4 rings (SSSR count). The predicted octanol–water partition coefficient (Wildman–Crippen LogP) is 4.46. The molecule has 2 fully saturated rings. The molecular formula is C26H32N2O2. The van der Waals surface area contributed by atoms with E-state index in [1.54, 1.807) is 0 Å². The van der Waals surface area contributed by atoms with Gasteiger partial charge in [0, 0.05) is 11.1 Å². The molecule has 0 amide bonds. The summed E-state index contributed by atoms with van der Waals surface area (Å²) in [4.78, 5) is 32.3. The highest BCUT2D eigenvalue weighted by Crippen LogP contribution is 2.26. The number of Topliss-reactive ketones (excluding diaryl/α,β-unsaturated/α-hetero) is 2. The van der Waals surface area contributed by atoms with Crippen LogP contribution in [0.4, 0.5) is 0 Å². The molecule has 2 heterocycles. The molecule has 158 valence electrons. The van der Waals surface area contributed by atoms with Gasteiger partial charge in [-0.05, 0) is 51.9 Å². The van der Waals surface area contributed by atoms with E-state index in [1.807, 2.05) is 60.7 Å². The Morgan fingerprint density at radius 1 is 0.533 bits per heavy atom. The Morgan fingerprint density at radius 3 is 1.20 bits per heavy atom. The minimum atomic E-state index is -0.432. The molecule has 0 bridgehead atoms. The van der Waals surface area contributed by atoms with Gasteiger partial charge in [-0.25, -0.2) is 0 Å². The van der Waals surface area contributed by atoms with Gasteiger partial charge in [0.15, 0.2) is 11.6 Å². The van der Waals surface area contributed by atoms with E-state index in [0.29, 0.717) is 11.1 Å². The molecule has 2 atom stereocenters. The second-order valence-electron chi connectivity index (χ2n) is 8.54. The van der Waals surface area contributed by atoms with E-state index >= 15 is 0 Å². The molecule has 2 aliphatic heterocycles.